The number of hydrogen-bond donors (Lipinski definition) is 1. The van der Waals surface area contributed by atoms with Crippen molar-refractivity contribution >= 4 is 11.6 Å². The van der Waals surface area contributed by atoms with Crippen molar-refractivity contribution in [2.45, 2.75) is 26.2 Å². The fourth-order valence-corrected chi connectivity index (χ4v) is 2.21. The van der Waals surface area contributed by atoms with E-state index in [1.165, 1.54) is 6.07 Å². The zero-order chi connectivity index (χ0) is 19.0. The first-order chi connectivity index (χ1) is 11.4. The third-order valence-corrected chi connectivity index (χ3v) is 3.48. The summed E-state index contributed by atoms with van der Waals surface area (Å²) in [6.07, 6.45) is -9.94. The maximum absolute atomic E-state index is 12.8. The first kappa shape index (κ1) is 18.8. The Bertz CT molecular complexity index is 776. The van der Waals surface area contributed by atoms with Crippen molar-refractivity contribution in [3.8, 4) is 0 Å². The quantitative estimate of drug-likeness (QED) is 0.694. The summed E-state index contributed by atoms with van der Waals surface area (Å²) in [6, 6.07) is 5.82. The van der Waals surface area contributed by atoms with E-state index in [-0.39, 0.29) is 11.6 Å². The molecule has 0 aromatic heterocycles. The summed E-state index contributed by atoms with van der Waals surface area (Å²) in [4.78, 5) is 12.2. The molecule has 134 valence electrons. The fraction of sp³-hybridized carbons (Fsp3) is 0.235. The van der Waals surface area contributed by atoms with Crippen LogP contribution in [0.5, 0.6) is 0 Å². The van der Waals surface area contributed by atoms with Gasteiger partial charge in [0, 0.05) is 11.3 Å². The molecule has 2 rings (SSSR count). The summed E-state index contributed by atoms with van der Waals surface area (Å²) in [7, 11) is 0. The van der Waals surface area contributed by atoms with Gasteiger partial charge in [-0.25, -0.2) is 0 Å². The molecule has 0 radical (unpaired) electrons. The predicted octanol–water partition coefficient (Wildman–Crippen LogP) is 5.59. The second-order valence-electron chi connectivity index (χ2n) is 5.57. The molecule has 2 nitrogen and oxygen atoms in total. The van der Waals surface area contributed by atoms with E-state index in [1.54, 1.807) is 26.0 Å². The summed E-state index contributed by atoms with van der Waals surface area (Å²) < 4.78 is 77.0. The van der Waals surface area contributed by atoms with Gasteiger partial charge in [-0.05, 0) is 43.7 Å². The lowest BCUT2D eigenvalue weighted by Gasteiger charge is -2.15. The molecule has 1 N–H and O–H groups in total. The van der Waals surface area contributed by atoms with E-state index >= 15 is 0 Å². The topological polar surface area (TPSA) is 29.1 Å². The number of nitrogens with one attached hydrogen (secondary N) is 1. The molecule has 0 aliphatic heterocycles. The van der Waals surface area contributed by atoms with Gasteiger partial charge < -0.3 is 5.32 Å². The zero-order valence-electron chi connectivity index (χ0n) is 13.1. The zero-order valence-corrected chi connectivity index (χ0v) is 13.1. The Morgan fingerprint density at radius 1 is 0.840 bits per heavy atom. The first-order valence-electron chi connectivity index (χ1n) is 7.06. The van der Waals surface area contributed by atoms with Crippen LogP contribution in [0.2, 0.25) is 0 Å². The molecule has 1 amide bonds. The number of carbonyl (C=O) groups is 1. The average molecular weight is 361 g/mol. The van der Waals surface area contributed by atoms with Crippen LogP contribution in [0.3, 0.4) is 0 Å². The molecule has 0 saturated heterocycles. The highest BCUT2D eigenvalue weighted by molar-refractivity contribution is 6.05. The average Bonchev–Trinajstić information content (AvgIpc) is 2.47. The summed E-state index contributed by atoms with van der Waals surface area (Å²) in [6.45, 7) is 3.32. The van der Waals surface area contributed by atoms with Crippen molar-refractivity contribution in [3.05, 3.63) is 64.2 Å². The van der Waals surface area contributed by atoms with Gasteiger partial charge in [-0.3, -0.25) is 4.79 Å². The standard InChI is InChI=1S/C17H13F6NO/c1-9-3-4-10(2)14(5-9)15(25)24-13-7-11(16(18,19)20)6-12(8-13)17(21,22)23/h3-8H,1-2H3,(H,24,25). The molecule has 0 unspecified atom stereocenters. The van der Waals surface area contributed by atoms with Crippen LogP contribution in [0.1, 0.15) is 32.6 Å². The number of carbonyl (C=O) groups excluding carboxylic acids is 1. The molecular weight excluding hydrogens is 348 g/mol. The third-order valence-electron chi connectivity index (χ3n) is 3.48. The lowest BCUT2D eigenvalue weighted by molar-refractivity contribution is -0.143. The molecule has 0 saturated carbocycles. The summed E-state index contributed by atoms with van der Waals surface area (Å²) in [5.41, 5.74) is -2.10. The molecular formula is C17H13F6NO. The molecule has 0 atom stereocenters. The van der Waals surface area contributed by atoms with Gasteiger partial charge in [-0.15, -0.1) is 0 Å². The van der Waals surface area contributed by atoms with Crippen molar-refractivity contribution in [2.75, 3.05) is 5.32 Å². The molecule has 2 aromatic rings. The molecule has 0 bridgehead atoms. The largest absolute Gasteiger partial charge is 0.416 e. The maximum atomic E-state index is 12.8. The highest BCUT2D eigenvalue weighted by atomic mass is 19.4. The van der Waals surface area contributed by atoms with Crippen LogP contribution < -0.4 is 5.32 Å². The van der Waals surface area contributed by atoms with E-state index in [0.717, 1.165) is 5.56 Å². The first-order valence-corrected chi connectivity index (χ1v) is 7.06. The van der Waals surface area contributed by atoms with Crippen LogP contribution in [0.4, 0.5) is 32.0 Å². The second kappa shape index (κ2) is 6.42. The Labute approximate surface area is 139 Å². The number of hydrogen-bond acceptors (Lipinski definition) is 1. The van der Waals surface area contributed by atoms with Crippen LogP contribution >= 0.6 is 0 Å². The van der Waals surface area contributed by atoms with E-state index in [0.29, 0.717) is 17.7 Å². The number of amides is 1. The van der Waals surface area contributed by atoms with Crippen molar-refractivity contribution in [1.82, 2.24) is 0 Å². The molecule has 2 aromatic carbocycles. The van der Waals surface area contributed by atoms with Crippen LogP contribution in [0.25, 0.3) is 0 Å². The number of benzene rings is 2. The molecule has 8 heteroatoms. The van der Waals surface area contributed by atoms with Gasteiger partial charge in [-0.1, -0.05) is 17.7 Å². The molecule has 0 aliphatic rings. The molecule has 25 heavy (non-hydrogen) atoms. The van der Waals surface area contributed by atoms with E-state index < -0.39 is 35.1 Å². The van der Waals surface area contributed by atoms with Crippen LogP contribution in [0.15, 0.2) is 36.4 Å². The van der Waals surface area contributed by atoms with Gasteiger partial charge in [0.2, 0.25) is 0 Å². The van der Waals surface area contributed by atoms with E-state index in [4.69, 9.17) is 0 Å². The number of halogens is 6. The van der Waals surface area contributed by atoms with Gasteiger partial charge in [0.05, 0.1) is 11.1 Å². The van der Waals surface area contributed by atoms with E-state index in [9.17, 15) is 31.1 Å². The summed E-state index contributed by atoms with van der Waals surface area (Å²) in [5.74, 6) is -0.784. The Hall–Kier alpha value is -2.51. The molecule has 0 aliphatic carbocycles. The Morgan fingerprint density at radius 3 is 1.84 bits per heavy atom. The Morgan fingerprint density at radius 2 is 1.36 bits per heavy atom. The number of alkyl halides is 6. The molecule has 0 heterocycles. The Balaban J connectivity index is 2.45. The number of rotatable bonds is 2. The van der Waals surface area contributed by atoms with Crippen LogP contribution in [-0.4, -0.2) is 5.91 Å². The highest BCUT2D eigenvalue weighted by Crippen LogP contribution is 2.37. The van der Waals surface area contributed by atoms with E-state index in [1.807, 2.05) is 0 Å². The highest BCUT2D eigenvalue weighted by Gasteiger charge is 2.37. The maximum Gasteiger partial charge on any atom is 0.416 e. The van der Waals surface area contributed by atoms with Gasteiger partial charge in [0.25, 0.3) is 5.91 Å². The minimum atomic E-state index is -4.97. The minimum absolute atomic E-state index is 0.00751. The third kappa shape index (κ3) is 4.52. The van der Waals surface area contributed by atoms with Gasteiger partial charge >= 0.3 is 12.4 Å². The van der Waals surface area contributed by atoms with Gasteiger partial charge in [0.1, 0.15) is 0 Å². The van der Waals surface area contributed by atoms with Crippen molar-refractivity contribution < 1.29 is 31.1 Å². The van der Waals surface area contributed by atoms with Gasteiger partial charge in [-0.2, -0.15) is 26.3 Å². The lowest BCUT2D eigenvalue weighted by Crippen LogP contribution is -2.16. The monoisotopic (exact) mass is 361 g/mol. The predicted molar refractivity (Wildman–Crippen MR) is 80.3 cm³/mol. The smallest absolute Gasteiger partial charge is 0.322 e. The van der Waals surface area contributed by atoms with Crippen molar-refractivity contribution in [1.29, 1.82) is 0 Å². The normalized spacial score (nSPS) is 12.2. The van der Waals surface area contributed by atoms with E-state index in [2.05, 4.69) is 5.32 Å². The number of aryl methyl sites for hydroxylation is 2. The SMILES string of the molecule is Cc1ccc(C)c(C(=O)Nc2cc(C(F)(F)F)cc(C(F)(F)F)c2)c1. The van der Waals surface area contributed by atoms with Crippen LogP contribution in [0, 0.1) is 13.8 Å². The Kier molecular flexibility index (Phi) is 4.83. The lowest BCUT2D eigenvalue weighted by atomic mass is 10.0. The van der Waals surface area contributed by atoms with Gasteiger partial charge in [0.15, 0.2) is 0 Å². The van der Waals surface area contributed by atoms with Crippen LogP contribution in [-0.2, 0) is 12.4 Å². The summed E-state index contributed by atoms with van der Waals surface area (Å²) in [5, 5.41) is 2.11. The van der Waals surface area contributed by atoms with Crippen molar-refractivity contribution in [2.24, 2.45) is 0 Å². The second-order valence-corrected chi connectivity index (χ2v) is 5.57. The minimum Gasteiger partial charge on any atom is -0.322 e. The fourth-order valence-electron chi connectivity index (χ4n) is 2.21. The molecule has 0 fully saturated rings. The van der Waals surface area contributed by atoms with Crippen molar-refractivity contribution in [3.63, 3.8) is 0 Å². The summed E-state index contributed by atoms with van der Waals surface area (Å²) >= 11 is 0. The number of anilines is 1. The molecule has 0 spiro atoms.